The summed E-state index contributed by atoms with van der Waals surface area (Å²) in [6.07, 6.45) is -0.436. The minimum atomic E-state index is -0.436. The van der Waals surface area contributed by atoms with Gasteiger partial charge >= 0.3 is 0 Å². The number of aliphatic imine (C=N–C) groups is 2. The summed E-state index contributed by atoms with van der Waals surface area (Å²) in [5.41, 5.74) is 13.1. The third kappa shape index (κ3) is 2.20. The van der Waals surface area contributed by atoms with E-state index in [2.05, 4.69) is 20.6 Å². The first-order valence-corrected chi connectivity index (χ1v) is 6.29. The first kappa shape index (κ1) is 13.1. The standard InChI is InChI=1S/C13H16N6O2/c1-20-7-4-3-6(5-8(7)21-2)11-16-9-10(14)17-13(15)19-12(9)18-11/h3-5,12H,14H2,1-2H3,(H,16,18)(H3,15,17,19). The van der Waals surface area contributed by atoms with Crippen LogP contribution in [0.4, 0.5) is 0 Å². The summed E-state index contributed by atoms with van der Waals surface area (Å²) >= 11 is 0. The van der Waals surface area contributed by atoms with E-state index in [9.17, 15) is 0 Å². The summed E-state index contributed by atoms with van der Waals surface area (Å²) in [5.74, 6) is 2.60. The van der Waals surface area contributed by atoms with Crippen molar-refractivity contribution in [3.63, 3.8) is 0 Å². The van der Waals surface area contributed by atoms with Gasteiger partial charge in [-0.05, 0) is 18.2 Å². The van der Waals surface area contributed by atoms with Gasteiger partial charge in [0.25, 0.3) is 0 Å². The number of ether oxygens (including phenoxy) is 2. The Kier molecular flexibility index (Phi) is 3.05. The van der Waals surface area contributed by atoms with Gasteiger partial charge in [-0.3, -0.25) is 0 Å². The van der Waals surface area contributed by atoms with E-state index >= 15 is 0 Å². The quantitative estimate of drug-likeness (QED) is 0.591. The average molecular weight is 288 g/mol. The van der Waals surface area contributed by atoms with Gasteiger partial charge in [0.05, 0.1) is 14.2 Å². The van der Waals surface area contributed by atoms with Crippen LogP contribution in [0.2, 0.25) is 0 Å². The molecule has 0 aromatic heterocycles. The van der Waals surface area contributed by atoms with Gasteiger partial charge in [-0.25, -0.2) is 9.98 Å². The minimum absolute atomic E-state index is 0.250. The smallest absolute Gasteiger partial charge is 0.196 e. The van der Waals surface area contributed by atoms with Crippen molar-refractivity contribution in [2.75, 3.05) is 14.2 Å². The minimum Gasteiger partial charge on any atom is -0.493 e. The van der Waals surface area contributed by atoms with Crippen molar-refractivity contribution in [1.82, 2.24) is 10.6 Å². The molecule has 1 aromatic carbocycles. The fourth-order valence-corrected chi connectivity index (χ4v) is 2.21. The number of benzene rings is 1. The predicted molar refractivity (Wildman–Crippen MR) is 79.0 cm³/mol. The van der Waals surface area contributed by atoms with Crippen molar-refractivity contribution in [3.05, 3.63) is 35.3 Å². The van der Waals surface area contributed by atoms with Crippen LogP contribution < -0.4 is 31.6 Å². The fraction of sp³-hybridized carbons (Fsp3) is 0.231. The molecule has 0 bridgehead atoms. The fourth-order valence-electron chi connectivity index (χ4n) is 2.21. The predicted octanol–water partition coefficient (Wildman–Crippen LogP) is -0.575. The summed E-state index contributed by atoms with van der Waals surface area (Å²) in [6.45, 7) is 0. The first-order valence-electron chi connectivity index (χ1n) is 6.29. The van der Waals surface area contributed by atoms with Crippen LogP contribution in [0, 0.1) is 0 Å². The molecule has 2 heterocycles. The average Bonchev–Trinajstić information content (AvgIpc) is 2.90. The number of nitrogens with two attached hydrogens (primary N) is 2. The van der Waals surface area contributed by atoms with Crippen molar-refractivity contribution >= 4 is 11.8 Å². The number of nitrogens with one attached hydrogen (secondary N) is 2. The molecule has 110 valence electrons. The molecule has 0 aliphatic carbocycles. The van der Waals surface area contributed by atoms with Crippen LogP contribution in [-0.4, -0.2) is 32.2 Å². The van der Waals surface area contributed by atoms with Gasteiger partial charge in [0.15, 0.2) is 23.6 Å². The molecule has 3 rings (SSSR count). The molecule has 21 heavy (non-hydrogen) atoms. The normalized spacial score (nSPS) is 20.0. The maximum Gasteiger partial charge on any atom is 0.196 e. The Morgan fingerprint density at radius 3 is 2.52 bits per heavy atom. The Balaban J connectivity index is 1.96. The summed E-state index contributed by atoms with van der Waals surface area (Å²) < 4.78 is 10.5. The van der Waals surface area contributed by atoms with Crippen LogP contribution >= 0.6 is 0 Å². The van der Waals surface area contributed by atoms with E-state index in [1.165, 1.54) is 0 Å². The number of methoxy groups -OCH3 is 2. The first-order chi connectivity index (χ1) is 10.1. The largest absolute Gasteiger partial charge is 0.493 e. The molecule has 2 aliphatic rings. The lowest BCUT2D eigenvalue weighted by atomic mass is 10.2. The van der Waals surface area contributed by atoms with E-state index in [4.69, 9.17) is 20.9 Å². The highest BCUT2D eigenvalue weighted by molar-refractivity contribution is 6.02. The number of nitrogens with zero attached hydrogens (tertiary/aromatic N) is 2. The van der Waals surface area contributed by atoms with E-state index in [0.717, 1.165) is 5.56 Å². The highest BCUT2D eigenvalue weighted by Gasteiger charge is 2.29. The molecule has 0 fully saturated rings. The molecule has 6 N–H and O–H groups in total. The van der Waals surface area contributed by atoms with Gasteiger partial charge in [0.2, 0.25) is 0 Å². The number of fused-ring (bicyclic) bond motifs is 1. The van der Waals surface area contributed by atoms with Crippen molar-refractivity contribution in [2.24, 2.45) is 21.5 Å². The van der Waals surface area contributed by atoms with Gasteiger partial charge < -0.3 is 31.6 Å². The zero-order valence-electron chi connectivity index (χ0n) is 11.7. The van der Waals surface area contributed by atoms with Crippen LogP contribution in [0.3, 0.4) is 0 Å². The second-order valence-electron chi connectivity index (χ2n) is 4.51. The third-order valence-electron chi connectivity index (χ3n) is 3.23. The summed E-state index contributed by atoms with van der Waals surface area (Å²) in [4.78, 5) is 8.66. The number of hydrogen-bond acceptors (Lipinski definition) is 8. The van der Waals surface area contributed by atoms with Crippen LogP contribution in [0.25, 0.3) is 0 Å². The van der Waals surface area contributed by atoms with Crippen LogP contribution in [0.1, 0.15) is 5.56 Å². The highest BCUT2D eigenvalue weighted by Crippen LogP contribution is 2.29. The van der Waals surface area contributed by atoms with E-state index in [0.29, 0.717) is 28.9 Å². The maximum atomic E-state index is 5.88. The summed E-state index contributed by atoms with van der Waals surface area (Å²) in [5, 5.41) is 5.92. The lowest BCUT2D eigenvalue weighted by molar-refractivity contribution is 0.355. The number of amidine groups is 1. The molecule has 0 amide bonds. The monoisotopic (exact) mass is 288 g/mol. The molecule has 2 aliphatic heterocycles. The van der Waals surface area contributed by atoms with E-state index < -0.39 is 6.17 Å². The molecule has 0 saturated carbocycles. The lowest BCUT2D eigenvalue weighted by Gasteiger charge is -2.17. The Morgan fingerprint density at radius 1 is 1.05 bits per heavy atom. The second-order valence-corrected chi connectivity index (χ2v) is 4.51. The molecule has 0 radical (unpaired) electrons. The van der Waals surface area contributed by atoms with E-state index in [1.807, 2.05) is 18.2 Å². The maximum absolute atomic E-state index is 5.88. The molecule has 1 aromatic rings. The molecule has 1 unspecified atom stereocenters. The Hall–Kier alpha value is -2.90. The van der Waals surface area contributed by atoms with Crippen molar-refractivity contribution in [2.45, 2.75) is 6.17 Å². The van der Waals surface area contributed by atoms with Gasteiger partial charge in [0, 0.05) is 5.56 Å². The van der Waals surface area contributed by atoms with Gasteiger partial charge in [-0.15, -0.1) is 0 Å². The number of hydrogen-bond donors (Lipinski definition) is 4. The third-order valence-corrected chi connectivity index (χ3v) is 3.23. The molecule has 8 heteroatoms. The van der Waals surface area contributed by atoms with Crippen molar-refractivity contribution < 1.29 is 9.47 Å². The number of rotatable bonds is 3. The van der Waals surface area contributed by atoms with Gasteiger partial charge in [-0.2, -0.15) is 0 Å². The molecule has 0 spiro atoms. The van der Waals surface area contributed by atoms with Crippen LogP contribution in [0.15, 0.2) is 39.7 Å². The molecule has 8 nitrogen and oxygen atoms in total. The van der Waals surface area contributed by atoms with Crippen molar-refractivity contribution in [3.8, 4) is 11.5 Å². The number of guanidine groups is 1. The molecule has 1 atom stereocenters. The highest BCUT2D eigenvalue weighted by atomic mass is 16.5. The second kappa shape index (κ2) is 4.89. The van der Waals surface area contributed by atoms with Crippen molar-refractivity contribution in [1.29, 1.82) is 0 Å². The Labute approximate surface area is 121 Å². The topological polar surface area (TPSA) is 119 Å². The van der Waals surface area contributed by atoms with Crippen LogP contribution in [0.5, 0.6) is 11.5 Å². The molecular formula is C13H16N6O2. The lowest BCUT2D eigenvalue weighted by Crippen LogP contribution is -2.42. The van der Waals surface area contributed by atoms with Gasteiger partial charge in [-0.1, -0.05) is 0 Å². The molecule has 0 saturated heterocycles. The zero-order chi connectivity index (χ0) is 15.0. The Morgan fingerprint density at radius 2 is 1.81 bits per heavy atom. The summed E-state index contributed by atoms with van der Waals surface area (Å²) in [6, 6.07) is 5.52. The van der Waals surface area contributed by atoms with E-state index in [-0.39, 0.29) is 5.96 Å². The van der Waals surface area contributed by atoms with Crippen LogP contribution in [-0.2, 0) is 0 Å². The zero-order valence-corrected chi connectivity index (χ0v) is 11.7. The summed E-state index contributed by atoms with van der Waals surface area (Å²) in [7, 11) is 3.17. The Bertz CT molecular complexity index is 679. The molecular weight excluding hydrogens is 272 g/mol. The van der Waals surface area contributed by atoms with E-state index in [1.54, 1.807) is 14.2 Å². The SMILES string of the molecule is COc1ccc(C2=NC3N=C(N)NC(N)=C3N2)cc1OC. The van der Waals surface area contributed by atoms with Gasteiger partial charge in [0.1, 0.15) is 17.4 Å².